The molecule has 4 aliphatic rings. The van der Waals surface area contributed by atoms with E-state index in [0.29, 0.717) is 12.1 Å². The van der Waals surface area contributed by atoms with E-state index >= 15 is 0 Å². The molecule has 3 nitrogen and oxygen atoms in total. The lowest BCUT2D eigenvalue weighted by atomic mass is 9.64. The molecule has 0 aromatic carbocycles. The topological polar surface area (TPSA) is 35.8 Å². The van der Waals surface area contributed by atoms with E-state index in [-0.39, 0.29) is 0 Å². The standard InChI is InChI=1S/C19H32N2O/c1-12-3-5-14-7-15(12)9-18(8-14)21-17-6-4-13(2)19(21)11-16(10-17)20-22/h12-15,17-19,22H,3-11H2,1-2H3/b20-16+/t12-,13-,14-,15+,17+,18+,19+/m0/s1. The van der Waals surface area contributed by atoms with Crippen LogP contribution in [0.5, 0.6) is 0 Å². The van der Waals surface area contributed by atoms with Crippen molar-refractivity contribution < 1.29 is 5.21 Å². The third kappa shape index (κ3) is 2.50. The Morgan fingerprint density at radius 2 is 1.73 bits per heavy atom. The van der Waals surface area contributed by atoms with Crippen LogP contribution in [-0.4, -0.2) is 33.9 Å². The molecule has 2 saturated heterocycles. The highest BCUT2D eigenvalue weighted by atomic mass is 16.4. The Bertz CT molecular complexity index is 449. The van der Waals surface area contributed by atoms with Crippen molar-refractivity contribution in [2.75, 3.05) is 0 Å². The van der Waals surface area contributed by atoms with Crippen LogP contribution >= 0.6 is 0 Å². The van der Waals surface area contributed by atoms with Gasteiger partial charge in [-0.05, 0) is 55.8 Å². The van der Waals surface area contributed by atoms with Crippen LogP contribution in [0.1, 0.15) is 71.6 Å². The summed E-state index contributed by atoms with van der Waals surface area (Å²) in [6.45, 7) is 4.90. The third-order valence-electron chi connectivity index (χ3n) is 7.55. The molecule has 22 heavy (non-hydrogen) atoms. The SMILES string of the molecule is C[C@H]1CC[C@H]2C[C@@H]1C[C@H](N1[C@@H]3CC[C@H](C)[C@H]1C/C(=N/O)C3)C2. The summed E-state index contributed by atoms with van der Waals surface area (Å²) >= 11 is 0. The van der Waals surface area contributed by atoms with Gasteiger partial charge >= 0.3 is 0 Å². The fourth-order valence-electron chi connectivity index (χ4n) is 6.25. The minimum absolute atomic E-state index is 0.637. The second kappa shape index (κ2) is 5.81. The molecule has 4 rings (SSSR count). The Morgan fingerprint density at radius 1 is 0.909 bits per heavy atom. The van der Waals surface area contributed by atoms with Crippen molar-refractivity contribution in [2.24, 2.45) is 28.8 Å². The van der Waals surface area contributed by atoms with Crippen molar-refractivity contribution in [2.45, 2.75) is 89.8 Å². The van der Waals surface area contributed by atoms with Crippen molar-refractivity contribution in [3.8, 4) is 0 Å². The molecule has 0 radical (unpaired) electrons. The molecule has 4 fully saturated rings. The van der Waals surface area contributed by atoms with E-state index in [1.54, 1.807) is 0 Å². The maximum atomic E-state index is 9.26. The van der Waals surface area contributed by atoms with Crippen molar-refractivity contribution in [1.29, 1.82) is 0 Å². The van der Waals surface area contributed by atoms with Gasteiger partial charge in [-0.15, -0.1) is 0 Å². The van der Waals surface area contributed by atoms with Gasteiger partial charge in [0, 0.05) is 31.0 Å². The monoisotopic (exact) mass is 304 g/mol. The first-order valence-corrected chi connectivity index (χ1v) is 9.63. The van der Waals surface area contributed by atoms with E-state index in [1.807, 2.05) is 0 Å². The summed E-state index contributed by atoms with van der Waals surface area (Å²) < 4.78 is 0. The Morgan fingerprint density at radius 3 is 2.55 bits per heavy atom. The number of piperidine rings is 2. The summed E-state index contributed by atoms with van der Waals surface area (Å²) in [5.74, 6) is 3.66. The van der Waals surface area contributed by atoms with Crippen molar-refractivity contribution in [1.82, 2.24) is 4.90 Å². The second-order valence-electron chi connectivity index (χ2n) is 8.84. The van der Waals surface area contributed by atoms with E-state index in [2.05, 4.69) is 23.9 Å². The zero-order valence-corrected chi connectivity index (χ0v) is 14.2. The minimum atomic E-state index is 0.637. The first-order chi connectivity index (χ1) is 10.7. The summed E-state index contributed by atoms with van der Waals surface area (Å²) in [7, 11) is 0. The Labute approximate surface area is 135 Å². The van der Waals surface area contributed by atoms with Crippen LogP contribution in [0.4, 0.5) is 0 Å². The van der Waals surface area contributed by atoms with Crippen LogP contribution in [0.2, 0.25) is 0 Å². The highest BCUT2D eigenvalue weighted by Gasteiger charge is 2.46. The van der Waals surface area contributed by atoms with Gasteiger partial charge in [0.1, 0.15) is 0 Å². The first-order valence-electron chi connectivity index (χ1n) is 9.63. The van der Waals surface area contributed by atoms with Gasteiger partial charge in [0.25, 0.3) is 0 Å². The second-order valence-corrected chi connectivity index (χ2v) is 8.84. The molecule has 0 amide bonds. The maximum Gasteiger partial charge on any atom is 0.0602 e. The number of hydrogen-bond donors (Lipinski definition) is 1. The number of oxime groups is 1. The van der Waals surface area contributed by atoms with Crippen molar-refractivity contribution in [3.05, 3.63) is 0 Å². The zero-order chi connectivity index (χ0) is 15.3. The molecule has 124 valence electrons. The molecule has 0 aromatic rings. The molecular weight excluding hydrogens is 272 g/mol. The van der Waals surface area contributed by atoms with Gasteiger partial charge < -0.3 is 5.21 Å². The van der Waals surface area contributed by atoms with E-state index in [1.165, 1.54) is 44.9 Å². The normalized spacial score (nSPS) is 51.0. The van der Waals surface area contributed by atoms with E-state index in [0.717, 1.165) is 48.3 Å². The molecule has 2 saturated carbocycles. The Kier molecular flexibility index (Phi) is 3.96. The highest BCUT2D eigenvalue weighted by Crippen LogP contribution is 2.48. The summed E-state index contributed by atoms with van der Waals surface area (Å²) in [5.41, 5.74) is 1.06. The number of fused-ring (bicyclic) bond motifs is 4. The van der Waals surface area contributed by atoms with Gasteiger partial charge in [-0.1, -0.05) is 31.8 Å². The van der Waals surface area contributed by atoms with E-state index in [9.17, 15) is 5.21 Å². The predicted octanol–water partition coefficient (Wildman–Crippen LogP) is 4.29. The zero-order valence-electron chi connectivity index (χ0n) is 14.2. The molecule has 0 spiro atoms. The fraction of sp³-hybridized carbons (Fsp3) is 0.947. The van der Waals surface area contributed by atoms with Crippen LogP contribution in [0.25, 0.3) is 0 Å². The van der Waals surface area contributed by atoms with E-state index in [4.69, 9.17) is 0 Å². The smallest absolute Gasteiger partial charge is 0.0602 e. The molecular formula is C19H32N2O. The molecule has 4 bridgehead atoms. The van der Waals surface area contributed by atoms with Crippen LogP contribution < -0.4 is 0 Å². The van der Waals surface area contributed by atoms with Gasteiger partial charge in [-0.3, -0.25) is 4.90 Å². The van der Waals surface area contributed by atoms with Crippen LogP contribution in [0.15, 0.2) is 5.16 Å². The first kappa shape index (κ1) is 15.0. The quantitative estimate of drug-likeness (QED) is 0.579. The van der Waals surface area contributed by atoms with Gasteiger partial charge in [0.05, 0.1) is 5.71 Å². The number of hydrogen-bond acceptors (Lipinski definition) is 3. The average Bonchev–Trinajstić information content (AvgIpc) is 2.54. The van der Waals surface area contributed by atoms with Crippen molar-refractivity contribution in [3.63, 3.8) is 0 Å². The van der Waals surface area contributed by atoms with Gasteiger partial charge in [0.15, 0.2) is 0 Å². The van der Waals surface area contributed by atoms with Gasteiger partial charge in [-0.25, -0.2) is 0 Å². The minimum Gasteiger partial charge on any atom is -0.411 e. The molecule has 2 aliphatic carbocycles. The van der Waals surface area contributed by atoms with Gasteiger partial charge in [0.2, 0.25) is 0 Å². The van der Waals surface area contributed by atoms with Gasteiger partial charge in [-0.2, -0.15) is 0 Å². The third-order valence-corrected chi connectivity index (χ3v) is 7.55. The molecule has 3 heteroatoms. The van der Waals surface area contributed by atoms with Crippen molar-refractivity contribution >= 4 is 5.71 Å². The highest BCUT2D eigenvalue weighted by molar-refractivity contribution is 5.86. The molecule has 7 atom stereocenters. The lowest BCUT2D eigenvalue weighted by Crippen LogP contribution is -2.61. The van der Waals surface area contributed by atoms with Crippen LogP contribution in [0, 0.1) is 23.7 Å². The average molecular weight is 304 g/mol. The molecule has 2 aliphatic heterocycles. The van der Waals surface area contributed by atoms with E-state index < -0.39 is 0 Å². The largest absolute Gasteiger partial charge is 0.411 e. The molecule has 0 aromatic heterocycles. The lowest BCUT2D eigenvalue weighted by Gasteiger charge is -2.56. The molecule has 0 unspecified atom stereocenters. The van der Waals surface area contributed by atoms with Crippen LogP contribution in [0.3, 0.4) is 0 Å². The molecule has 2 heterocycles. The lowest BCUT2D eigenvalue weighted by molar-refractivity contribution is -0.0435. The predicted molar refractivity (Wildman–Crippen MR) is 89.3 cm³/mol. The summed E-state index contributed by atoms with van der Waals surface area (Å²) in [5, 5.41) is 12.9. The number of rotatable bonds is 1. The fourth-order valence-corrected chi connectivity index (χ4v) is 6.25. The van der Waals surface area contributed by atoms with Crippen LogP contribution in [-0.2, 0) is 0 Å². The summed E-state index contributed by atoms with van der Waals surface area (Å²) in [4.78, 5) is 2.92. The summed E-state index contributed by atoms with van der Waals surface area (Å²) in [6.07, 6.45) is 12.0. The maximum absolute atomic E-state index is 9.26. The number of nitrogens with zero attached hydrogens (tertiary/aromatic N) is 2. The Hall–Kier alpha value is -0.570. The molecule has 1 N–H and O–H groups in total. The summed E-state index contributed by atoms with van der Waals surface area (Å²) in [6, 6.07) is 2.10. The Balaban J connectivity index is 1.56.